The van der Waals surface area contributed by atoms with Crippen molar-refractivity contribution in [2.24, 2.45) is 0 Å². The highest BCUT2D eigenvalue weighted by atomic mass is 16.3. The highest BCUT2D eigenvalue weighted by Crippen LogP contribution is 2.19. The number of aryl methyl sites for hydroxylation is 2. The first-order valence-electron chi connectivity index (χ1n) is 7.82. The molecule has 0 saturated heterocycles. The molecular weight excluding hydrogens is 262 g/mol. The van der Waals surface area contributed by atoms with E-state index in [1.807, 2.05) is 6.07 Å². The number of rotatable bonds is 7. The summed E-state index contributed by atoms with van der Waals surface area (Å²) < 4.78 is 2.28. The number of aliphatic hydroxyl groups is 1. The third kappa shape index (κ3) is 3.63. The van der Waals surface area contributed by atoms with Crippen LogP contribution < -0.4 is 5.32 Å². The van der Waals surface area contributed by atoms with Crippen LogP contribution >= 0.6 is 0 Å². The Balaban J connectivity index is 2.23. The quantitative estimate of drug-likeness (QED) is 0.824. The van der Waals surface area contributed by atoms with Crippen LogP contribution in [0.5, 0.6) is 0 Å². The number of hydrogen-bond donors (Lipinski definition) is 2. The summed E-state index contributed by atoms with van der Waals surface area (Å²) in [4.78, 5) is 4.70. The topological polar surface area (TPSA) is 50.1 Å². The third-order valence-electron chi connectivity index (χ3n) is 3.92. The molecule has 4 heteroatoms. The molecule has 2 N–H and O–H groups in total. The number of aliphatic hydroxyl groups excluding tert-OH is 1. The fourth-order valence-corrected chi connectivity index (χ4v) is 2.90. The number of fused-ring (bicyclic) bond motifs is 1. The molecule has 2 aromatic rings. The van der Waals surface area contributed by atoms with E-state index < -0.39 is 0 Å². The molecule has 0 amide bonds. The van der Waals surface area contributed by atoms with Gasteiger partial charge in [-0.2, -0.15) is 0 Å². The number of hydrogen-bond acceptors (Lipinski definition) is 3. The van der Waals surface area contributed by atoms with Gasteiger partial charge < -0.3 is 15.0 Å². The fourth-order valence-electron chi connectivity index (χ4n) is 2.90. The van der Waals surface area contributed by atoms with E-state index in [1.165, 1.54) is 5.52 Å². The molecule has 0 bridgehead atoms. The highest BCUT2D eigenvalue weighted by Gasteiger charge is 2.24. The maximum Gasteiger partial charge on any atom is 0.109 e. The molecule has 21 heavy (non-hydrogen) atoms. The van der Waals surface area contributed by atoms with Gasteiger partial charge in [-0.1, -0.05) is 32.9 Å². The molecule has 0 aliphatic heterocycles. The van der Waals surface area contributed by atoms with Gasteiger partial charge in [0.1, 0.15) is 5.82 Å². The zero-order chi connectivity index (χ0) is 15.5. The molecule has 1 atom stereocenters. The Morgan fingerprint density at radius 2 is 2.05 bits per heavy atom. The number of aromatic nitrogens is 2. The molecule has 0 aliphatic rings. The largest absolute Gasteiger partial charge is 0.394 e. The lowest BCUT2D eigenvalue weighted by Gasteiger charge is -2.31. The first-order valence-corrected chi connectivity index (χ1v) is 7.82. The number of nitrogens with zero attached hydrogens (tertiary/aromatic N) is 2. The van der Waals surface area contributed by atoms with Crippen LogP contribution in [0.25, 0.3) is 11.0 Å². The van der Waals surface area contributed by atoms with Crippen LogP contribution in [0.4, 0.5) is 0 Å². The van der Waals surface area contributed by atoms with Crippen molar-refractivity contribution in [3.8, 4) is 0 Å². The van der Waals surface area contributed by atoms with Gasteiger partial charge >= 0.3 is 0 Å². The molecule has 1 aromatic heterocycles. The minimum absolute atomic E-state index is 0.138. The zero-order valence-electron chi connectivity index (χ0n) is 13.6. The van der Waals surface area contributed by atoms with Gasteiger partial charge in [-0.15, -0.1) is 0 Å². The van der Waals surface area contributed by atoms with E-state index in [2.05, 4.69) is 55.8 Å². The normalized spacial score (nSPS) is 14.8. The minimum Gasteiger partial charge on any atom is -0.394 e. The lowest BCUT2D eigenvalue weighted by molar-refractivity contribution is 0.152. The van der Waals surface area contributed by atoms with Crippen LogP contribution in [0.2, 0.25) is 0 Å². The number of benzene rings is 1. The van der Waals surface area contributed by atoms with E-state index in [0.29, 0.717) is 6.04 Å². The number of para-hydroxylation sites is 2. The van der Waals surface area contributed by atoms with Crippen LogP contribution in [-0.4, -0.2) is 32.8 Å². The highest BCUT2D eigenvalue weighted by molar-refractivity contribution is 5.75. The van der Waals surface area contributed by atoms with Gasteiger partial charge in [-0.3, -0.25) is 0 Å². The van der Waals surface area contributed by atoms with Crippen LogP contribution in [0.3, 0.4) is 0 Å². The zero-order valence-corrected chi connectivity index (χ0v) is 13.6. The van der Waals surface area contributed by atoms with E-state index in [0.717, 1.165) is 30.7 Å². The molecular formula is C17H27N3O. The second-order valence-corrected chi connectivity index (χ2v) is 6.29. The van der Waals surface area contributed by atoms with Crippen molar-refractivity contribution in [3.05, 3.63) is 30.1 Å². The van der Waals surface area contributed by atoms with Gasteiger partial charge in [0.2, 0.25) is 0 Å². The maximum atomic E-state index is 9.72. The Morgan fingerprint density at radius 3 is 2.67 bits per heavy atom. The smallest absolute Gasteiger partial charge is 0.109 e. The average molecular weight is 289 g/mol. The van der Waals surface area contributed by atoms with Gasteiger partial charge in [-0.05, 0) is 25.5 Å². The Morgan fingerprint density at radius 1 is 1.33 bits per heavy atom. The van der Waals surface area contributed by atoms with Crippen molar-refractivity contribution < 1.29 is 5.11 Å². The molecule has 1 aromatic carbocycles. The van der Waals surface area contributed by atoms with Crippen molar-refractivity contribution in [2.75, 3.05) is 6.61 Å². The third-order valence-corrected chi connectivity index (χ3v) is 3.92. The Kier molecular flexibility index (Phi) is 5.01. The molecule has 4 nitrogen and oxygen atoms in total. The van der Waals surface area contributed by atoms with Crippen molar-refractivity contribution in [1.82, 2.24) is 14.9 Å². The Bertz CT molecular complexity index is 591. The summed E-state index contributed by atoms with van der Waals surface area (Å²) in [5, 5.41) is 13.2. The lowest BCUT2D eigenvalue weighted by Crippen LogP contribution is -2.49. The summed E-state index contributed by atoms with van der Waals surface area (Å²) in [6.45, 7) is 9.43. The first kappa shape index (κ1) is 16.0. The Labute approximate surface area is 127 Å². The molecule has 0 spiro atoms. The standard InChI is InChI=1S/C17H27N3O/c1-5-16-18-14-8-6-7-9-15(14)20(16)11-10-17(4,12-21)19-13(2)3/h6-9,13,19,21H,5,10-12H2,1-4H3. The van der Waals surface area contributed by atoms with E-state index in [4.69, 9.17) is 4.98 Å². The van der Waals surface area contributed by atoms with E-state index >= 15 is 0 Å². The lowest BCUT2D eigenvalue weighted by atomic mass is 9.97. The SMILES string of the molecule is CCc1nc2ccccc2n1CCC(C)(CO)NC(C)C. The average Bonchev–Trinajstić information content (AvgIpc) is 2.82. The minimum atomic E-state index is -0.259. The summed E-state index contributed by atoms with van der Waals surface area (Å²) in [6.07, 6.45) is 1.79. The molecule has 2 rings (SSSR count). The predicted molar refractivity (Wildman–Crippen MR) is 87.5 cm³/mol. The predicted octanol–water partition coefficient (Wildman–Crippen LogP) is 2.74. The van der Waals surface area contributed by atoms with E-state index in [1.54, 1.807) is 0 Å². The van der Waals surface area contributed by atoms with Crippen LogP contribution in [0.1, 0.15) is 39.9 Å². The summed E-state index contributed by atoms with van der Waals surface area (Å²) >= 11 is 0. The van der Waals surface area contributed by atoms with Gasteiger partial charge in [0.25, 0.3) is 0 Å². The second-order valence-electron chi connectivity index (χ2n) is 6.29. The monoisotopic (exact) mass is 289 g/mol. The summed E-state index contributed by atoms with van der Waals surface area (Å²) in [5.41, 5.74) is 1.97. The van der Waals surface area contributed by atoms with Gasteiger partial charge in [0, 0.05) is 24.5 Å². The molecule has 0 fully saturated rings. The van der Waals surface area contributed by atoms with Crippen LogP contribution in [0, 0.1) is 0 Å². The van der Waals surface area contributed by atoms with Crippen molar-refractivity contribution >= 4 is 11.0 Å². The molecule has 116 valence electrons. The summed E-state index contributed by atoms with van der Waals surface area (Å²) in [6, 6.07) is 8.61. The van der Waals surface area contributed by atoms with E-state index in [9.17, 15) is 5.11 Å². The fraction of sp³-hybridized carbons (Fsp3) is 0.588. The second kappa shape index (κ2) is 6.58. The van der Waals surface area contributed by atoms with Crippen LogP contribution in [-0.2, 0) is 13.0 Å². The molecule has 1 heterocycles. The van der Waals surface area contributed by atoms with Crippen molar-refractivity contribution in [3.63, 3.8) is 0 Å². The van der Waals surface area contributed by atoms with E-state index in [-0.39, 0.29) is 12.1 Å². The Hall–Kier alpha value is -1.39. The van der Waals surface area contributed by atoms with Gasteiger partial charge in [0.15, 0.2) is 0 Å². The molecule has 0 radical (unpaired) electrons. The molecule has 0 aliphatic carbocycles. The molecule has 0 saturated carbocycles. The number of nitrogens with one attached hydrogen (secondary N) is 1. The van der Waals surface area contributed by atoms with Gasteiger partial charge in [-0.25, -0.2) is 4.98 Å². The molecule has 1 unspecified atom stereocenters. The maximum absolute atomic E-state index is 9.72. The van der Waals surface area contributed by atoms with Crippen LogP contribution in [0.15, 0.2) is 24.3 Å². The van der Waals surface area contributed by atoms with Crippen molar-refractivity contribution in [1.29, 1.82) is 0 Å². The summed E-state index contributed by atoms with van der Waals surface area (Å²) in [7, 11) is 0. The summed E-state index contributed by atoms with van der Waals surface area (Å²) in [5.74, 6) is 1.11. The number of imidazole rings is 1. The van der Waals surface area contributed by atoms with Gasteiger partial charge in [0.05, 0.1) is 17.6 Å². The van der Waals surface area contributed by atoms with Crippen molar-refractivity contribution in [2.45, 2.75) is 58.7 Å². The first-order chi connectivity index (χ1) is 9.99.